The Balaban J connectivity index is 1.55. The molecule has 1 heterocycles. The van der Waals surface area contributed by atoms with E-state index in [9.17, 15) is 9.18 Å². The van der Waals surface area contributed by atoms with Crippen LogP contribution in [0.25, 0.3) is 6.08 Å². The number of ether oxygens (including phenoxy) is 2. The van der Waals surface area contributed by atoms with Gasteiger partial charge in [-0.3, -0.25) is 9.69 Å². The van der Waals surface area contributed by atoms with E-state index in [1.807, 2.05) is 6.92 Å². The quantitative estimate of drug-likeness (QED) is 0.250. The summed E-state index contributed by atoms with van der Waals surface area (Å²) in [6.45, 7) is 2.63. The summed E-state index contributed by atoms with van der Waals surface area (Å²) in [6.07, 6.45) is 1.67. The highest BCUT2D eigenvalue weighted by Crippen LogP contribution is 2.36. The lowest BCUT2D eigenvalue weighted by Crippen LogP contribution is -2.31. The number of amides is 1. The van der Waals surface area contributed by atoms with Crippen LogP contribution in [-0.4, -0.2) is 29.6 Å². The van der Waals surface area contributed by atoms with Crippen molar-refractivity contribution < 1.29 is 18.7 Å². The first-order chi connectivity index (χ1) is 16.8. The molecule has 0 N–H and O–H groups in total. The first-order valence-corrected chi connectivity index (χ1v) is 11.9. The number of nitrogens with zero attached hydrogens (tertiary/aromatic N) is 2. The van der Waals surface area contributed by atoms with E-state index < -0.39 is 0 Å². The van der Waals surface area contributed by atoms with Gasteiger partial charge < -0.3 is 14.4 Å². The number of anilines is 1. The summed E-state index contributed by atoms with van der Waals surface area (Å²) in [4.78, 5) is 16.3. The van der Waals surface area contributed by atoms with Crippen molar-refractivity contribution in [2.75, 3.05) is 18.6 Å². The summed E-state index contributed by atoms with van der Waals surface area (Å²) in [5, 5.41) is 0.915. The van der Waals surface area contributed by atoms with Crippen LogP contribution in [0.1, 0.15) is 18.1 Å². The van der Waals surface area contributed by atoms with Gasteiger partial charge in [-0.25, -0.2) is 4.39 Å². The lowest BCUT2D eigenvalue weighted by Gasteiger charge is -2.16. The van der Waals surface area contributed by atoms with Gasteiger partial charge in [0.1, 0.15) is 23.9 Å². The second-order valence-corrected chi connectivity index (χ2v) is 8.85. The number of hydrogen-bond acceptors (Lipinski definition) is 4. The number of halogens is 3. The Hall–Kier alpha value is -3.13. The molecule has 1 aliphatic rings. The Kier molecular flexibility index (Phi) is 7.60. The maximum atomic E-state index is 13.2. The molecule has 0 spiro atoms. The Labute approximate surface area is 218 Å². The Bertz CT molecular complexity index is 1270. The van der Waals surface area contributed by atoms with Gasteiger partial charge in [-0.15, -0.1) is 0 Å². The summed E-state index contributed by atoms with van der Waals surface area (Å²) in [6, 6.07) is 16.4. The summed E-state index contributed by atoms with van der Waals surface area (Å²) >= 11 is 18.4. The van der Waals surface area contributed by atoms with Crippen molar-refractivity contribution in [1.29, 1.82) is 0 Å². The minimum Gasteiger partial charge on any atom is -0.494 e. The molecular formula is C26H21Cl2FN2O3S. The number of hydrogen-bond donors (Lipinski definition) is 0. The fourth-order valence-electron chi connectivity index (χ4n) is 3.54. The topological polar surface area (TPSA) is 42.0 Å². The monoisotopic (exact) mass is 530 g/mol. The van der Waals surface area contributed by atoms with E-state index in [0.29, 0.717) is 40.2 Å². The van der Waals surface area contributed by atoms with Crippen LogP contribution in [-0.2, 0) is 11.4 Å². The molecule has 180 valence electrons. The van der Waals surface area contributed by atoms with Gasteiger partial charge in [0.2, 0.25) is 0 Å². The molecule has 0 aromatic heterocycles. The van der Waals surface area contributed by atoms with E-state index in [1.54, 1.807) is 66.6 Å². The first kappa shape index (κ1) is 25.0. The van der Waals surface area contributed by atoms with Crippen LogP contribution in [0.4, 0.5) is 10.1 Å². The van der Waals surface area contributed by atoms with E-state index >= 15 is 0 Å². The fraction of sp³-hybridized carbons (Fsp3) is 0.154. The highest BCUT2D eigenvalue weighted by molar-refractivity contribution is 7.80. The van der Waals surface area contributed by atoms with Crippen LogP contribution in [0.2, 0.25) is 10.0 Å². The molecule has 0 radical (unpaired) electrons. The third-order valence-electron chi connectivity index (χ3n) is 5.29. The van der Waals surface area contributed by atoms with Gasteiger partial charge in [-0.1, -0.05) is 35.3 Å². The maximum Gasteiger partial charge on any atom is 0.281 e. The zero-order valence-electron chi connectivity index (χ0n) is 18.9. The largest absolute Gasteiger partial charge is 0.494 e. The predicted octanol–water partition coefficient (Wildman–Crippen LogP) is 6.71. The number of carbonyl (C=O) groups is 1. The smallest absolute Gasteiger partial charge is 0.281 e. The molecule has 0 unspecified atom stereocenters. The number of rotatable bonds is 7. The van der Waals surface area contributed by atoms with Gasteiger partial charge >= 0.3 is 0 Å². The summed E-state index contributed by atoms with van der Waals surface area (Å²) < 4.78 is 24.3. The number of thiocarbonyl (C=S) groups is 1. The van der Waals surface area contributed by atoms with Crippen LogP contribution >= 0.6 is 35.4 Å². The second-order valence-electron chi connectivity index (χ2n) is 7.67. The number of carbonyl (C=O) groups excluding carboxylic acids is 1. The molecular weight excluding hydrogens is 510 g/mol. The Morgan fingerprint density at radius 2 is 1.63 bits per heavy atom. The predicted molar refractivity (Wildman–Crippen MR) is 141 cm³/mol. The molecule has 0 bridgehead atoms. The molecule has 1 fully saturated rings. The van der Waals surface area contributed by atoms with Crippen LogP contribution < -0.4 is 14.4 Å². The minimum absolute atomic E-state index is 0.173. The van der Waals surface area contributed by atoms with Crippen LogP contribution in [0.5, 0.6) is 11.5 Å². The molecule has 1 amide bonds. The molecule has 9 heteroatoms. The minimum atomic E-state index is -0.325. The molecule has 3 aromatic carbocycles. The Morgan fingerprint density at radius 3 is 2.23 bits per heavy atom. The first-order valence-electron chi connectivity index (χ1n) is 10.7. The van der Waals surface area contributed by atoms with E-state index in [1.165, 1.54) is 17.0 Å². The Morgan fingerprint density at radius 1 is 1.00 bits per heavy atom. The lowest BCUT2D eigenvalue weighted by atomic mass is 10.1. The highest BCUT2D eigenvalue weighted by atomic mass is 35.5. The standard InChI is InChI=1S/C26H21Cl2FN2O3S/c1-3-33-20-10-8-19(9-11-20)31-25(32)23(30(2)26(31)35)14-17-12-21(27)24(22(28)13-17)34-15-16-4-6-18(29)7-5-16/h4-14H,3,15H2,1-2H3/b23-14-. The molecule has 0 saturated carbocycles. The third kappa shape index (κ3) is 5.42. The van der Waals surface area contributed by atoms with Gasteiger partial charge in [0, 0.05) is 7.05 Å². The molecule has 3 aromatic rings. The molecule has 0 atom stereocenters. The van der Waals surface area contributed by atoms with Gasteiger partial charge in [0.05, 0.1) is 22.3 Å². The molecule has 1 saturated heterocycles. The van der Waals surface area contributed by atoms with Crippen LogP contribution in [0.3, 0.4) is 0 Å². The van der Waals surface area contributed by atoms with Crippen LogP contribution in [0.15, 0.2) is 66.4 Å². The fourth-order valence-corrected chi connectivity index (χ4v) is 4.44. The SMILES string of the molecule is CCOc1ccc(N2C(=O)/C(=C/c3cc(Cl)c(OCc4ccc(F)cc4)c(Cl)c3)N(C)C2=S)cc1. The van der Waals surface area contributed by atoms with Gasteiger partial charge in [-0.2, -0.15) is 0 Å². The molecule has 35 heavy (non-hydrogen) atoms. The number of likely N-dealkylation sites (N-methyl/N-ethyl adjacent to an activating group) is 1. The molecule has 4 rings (SSSR count). The van der Waals surface area contributed by atoms with Crippen molar-refractivity contribution in [2.45, 2.75) is 13.5 Å². The third-order valence-corrected chi connectivity index (χ3v) is 6.31. The van der Waals surface area contributed by atoms with Gasteiger partial charge in [0.25, 0.3) is 5.91 Å². The molecule has 5 nitrogen and oxygen atoms in total. The van der Waals surface area contributed by atoms with E-state index in [0.717, 1.165) is 5.56 Å². The zero-order valence-corrected chi connectivity index (χ0v) is 21.3. The average Bonchev–Trinajstić information content (AvgIpc) is 3.03. The van der Waals surface area contributed by atoms with Crippen LogP contribution in [0, 0.1) is 5.82 Å². The van der Waals surface area contributed by atoms with E-state index in [4.69, 9.17) is 44.9 Å². The van der Waals surface area contributed by atoms with Crippen molar-refractivity contribution in [3.05, 3.63) is 93.4 Å². The van der Waals surface area contributed by atoms with Gasteiger partial charge in [-0.05, 0) is 84.9 Å². The van der Waals surface area contributed by atoms with Crippen molar-refractivity contribution in [3.8, 4) is 11.5 Å². The summed E-state index contributed by atoms with van der Waals surface area (Å²) in [7, 11) is 1.73. The van der Waals surface area contributed by atoms with Crippen molar-refractivity contribution in [2.24, 2.45) is 0 Å². The van der Waals surface area contributed by atoms with Crippen molar-refractivity contribution >= 4 is 58.2 Å². The summed E-state index contributed by atoms with van der Waals surface area (Å²) in [5.41, 5.74) is 2.39. The number of benzene rings is 3. The zero-order chi connectivity index (χ0) is 25.1. The summed E-state index contributed by atoms with van der Waals surface area (Å²) in [5.74, 6) is 0.418. The van der Waals surface area contributed by atoms with E-state index in [-0.39, 0.29) is 28.4 Å². The maximum absolute atomic E-state index is 13.2. The second kappa shape index (κ2) is 10.6. The van der Waals surface area contributed by atoms with E-state index in [2.05, 4.69) is 0 Å². The normalized spacial score (nSPS) is 14.7. The lowest BCUT2D eigenvalue weighted by molar-refractivity contribution is -0.114. The molecule has 0 aliphatic carbocycles. The molecule has 1 aliphatic heterocycles. The average molecular weight is 531 g/mol. The van der Waals surface area contributed by atoms with Crippen molar-refractivity contribution in [3.63, 3.8) is 0 Å². The highest BCUT2D eigenvalue weighted by Gasteiger charge is 2.36. The van der Waals surface area contributed by atoms with Crippen molar-refractivity contribution in [1.82, 2.24) is 4.90 Å². The van der Waals surface area contributed by atoms with Gasteiger partial charge in [0.15, 0.2) is 10.9 Å².